The number of carbonyl (C=O) groups is 1. The molecule has 6 rings (SSSR count). The minimum atomic E-state index is -0.347. The summed E-state index contributed by atoms with van der Waals surface area (Å²) >= 11 is 0. The van der Waals surface area contributed by atoms with Gasteiger partial charge in [0.15, 0.2) is 11.4 Å². The van der Waals surface area contributed by atoms with Gasteiger partial charge in [-0.25, -0.2) is 14.4 Å². The number of carbonyl (C=O) groups excluding carboxylic acids is 1. The molecule has 39 heavy (non-hydrogen) atoms. The van der Waals surface area contributed by atoms with Gasteiger partial charge in [0.1, 0.15) is 23.4 Å². The minimum Gasteiger partial charge on any atom is -0.469 e. The summed E-state index contributed by atoms with van der Waals surface area (Å²) in [6, 6.07) is 12.7. The number of benzene rings is 2. The maximum Gasteiger partial charge on any atom is 0.308 e. The Morgan fingerprint density at radius 1 is 1.15 bits per heavy atom. The van der Waals surface area contributed by atoms with Crippen LogP contribution in [0.1, 0.15) is 42.5 Å². The first kappa shape index (κ1) is 24.9. The monoisotopic (exact) mass is 525 g/mol. The van der Waals surface area contributed by atoms with Gasteiger partial charge >= 0.3 is 5.97 Å². The highest BCUT2D eigenvalue weighted by Gasteiger charge is 2.27. The van der Waals surface area contributed by atoms with E-state index in [1.807, 2.05) is 39.1 Å². The van der Waals surface area contributed by atoms with Crippen molar-refractivity contribution in [3.05, 3.63) is 71.4 Å². The first-order chi connectivity index (χ1) is 18.8. The van der Waals surface area contributed by atoms with Crippen molar-refractivity contribution in [2.24, 2.45) is 13.0 Å². The lowest BCUT2D eigenvalue weighted by Crippen LogP contribution is -2.15. The van der Waals surface area contributed by atoms with Crippen LogP contribution in [-0.4, -0.2) is 37.8 Å². The number of esters is 1. The maximum atomic E-state index is 14.4. The summed E-state index contributed by atoms with van der Waals surface area (Å²) in [4.78, 5) is 21.7. The second-order valence-corrected chi connectivity index (χ2v) is 10.3. The van der Waals surface area contributed by atoms with Gasteiger partial charge in [0, 0.05) is 24.2 Å². The molecule has 198 valence electrons. The number of rotatable bonds is 7. The van der Waals surface area contributed by atoms with Gasteiger partial charge < -0.3 is 13.7 Å². The first-order valence-electron chi connectivity index (χ1n) is 12.9. The second-order valence-electron chi connectivity index (χ2n) is 10.3. The van der Waals surface area contributed by atoms with E-state index >= 15 is 0 Å². The lowest BCUT2D eigenvalue weighted by Gasteiger charge is -2.12. The fourth-order valence-corrected chi connectivity index (χ4v) is 5.02. The molecule has 1 aliphatic rings. The highest BCUT2D eigenvalue weighted by Crippen LogP contribution is 2.42. The smallest absolute Gasteiger partial charge is 0.308 e. The molecule has 3 heterocycles. The fourth-order valence-electron chi connectivity index (χ4n) is 5.02. The predicted octanol–water partition coefficient (Wildman–Crippen LogP) is 6.03. The molecule has 0 amide bonds. The van der Waals surface area contributed by atoms with E-state index in [9.17, 15) is 9.18 Å². The van der Waals surface area contributed by atoms with Crippen molar-refractivity contribution in [3.63, 3.8) is 0 Å². The summed E-state index contributed by atoms with van der Waals surface area (Å²) in [7, 11) is 3.23. The van der Waals surface area contributed by atoms with E-state index in [4.69, 9.17) is 19.1 Å². The molecule has 1 saturated carbocycles. The molecule has 1 atom stereocenters. The number of hydrogen-bond acceptors (Lipinski definition) is 7. The van der Waals surface area contributed by atoms with E-state index in [-0.39, 0.29) is 17.7 Å². The summed E-state index contributed by atoms with van der Waals surface area (Å²) in [5.41, 5.74) is 7.23. The van der Waals surface area contributed by atoms with Crippen molar-refractivity contribution in [2.75, 3.05) is 7.11 Å². The molecule has 2 aromatic carbocycles. The number of aryl methyl sites for hydroxylation is 2. The molecule has 0 N–H and O–H groups in total. The average Bonchev–Trinajstić information content (AvgIpc) is 3.55. The molecule has 0 bridgehead atoms. The Bertz CT molecular complexity index is 1720. The predicted molar refractivity (Wildman–Crippen MR) is 144 cm³/mol. The highest BCUT2D eigenvalue weighted by atomic mass is 19.1. The quantitative estimate of drug-likeness (QED) is 0.239. The number of nitrogens with zero attached hydrogens (tertiary/aromatic N) is 5. The van der Waals surface area contributed by atoms with Gasteiger partial charge in [-0.15, -0.1) is 10.2 Å². The van der Waals surface area contributed by atoms with Crippen LogP contribution in [0.4, 0.5) is 4.39 Å². The molecule has 1 unspecified atom stereocenters. The fraction of sp³-hybridized carbons (Fsp3) is 0.300. The van der Waals surface area contributed by atoms with Crippen molar-refractivity contribution in [2.45, 2.75) is 39.0 Å². The molecule has 0 spiro atoms. The zero-order chi connectivity index (χ0) is 27.3. The molecule has 0 aliphatic heterocycles. The van der Waals surface area contributed by atoms with Crippen molar-refractivity contribution < 1.29 is 18.3 Å². The standard InChI is InChI=1S/C30H28FN5O3/c1-16-9-18(10-17(2)30(37)38-4)11-25-27(16)39-29(34-25)26-13-20(12-24(33-26)19-5-6-19)22-8-7-21(31)14-23(22)28-35-32-15-36(28)3/h7-9,11-15,17,19H,5-6,10H2,1-4H3. The molecule has 8 nitrogen and oxygen atoms in total. The van der Waals surface area contributed by atoms with Crippen molar-refractivity contribution >= 4 is 17.1 Å². The zero-order valence-electron chi connectivity index (χ0n) is 22.2. The van der Waals surface area contributed by atoms with Gasteiger partial charge in [-0.05, 0) is 78.8 Å². The number of methoxy groups -OCH3 is 1. The van der Waals surface area contributed by atoms with Gasteiger partial charge in [-0.2, -0.15) is 0 Å². The van der Waals surface area contributed by atoms with Gasteiger partial charge in [0.25, 0.3) is 0 Å². The van der Waals surface area contributed by atoms with Crippen molar-refractivity contribution in [1.29, 1.82) is 0 Å². The Morgan fingerprint density at radius 3 is 2.69 bits per heavy atom. The molecule has 9 heteroatoms. The van der Waals surface area contributed by atoms with E-state index in [1.54, 1.807) is 17.0 Å². The Labute approximate surface area is 224 Å². The van der Waals surface area contributed by atoms with Crippen LogP contribution < -0.4 is 0 Å². The van der Waals surface area contributed by atoms with Gasteiger partial charge in [-0.1, -0.05) is 19.1 Å². The summed E-state index contributed by atoms with van der Waals surface area (Å²) in [6.45, 7) is 3.81. The topological polar surface area (TPSA) is 95.9 Å². The Morgan fingerprint density at radius 2 is 1.97 bits per heavy atom. The third-order valence-corrected chi connectivity index (χ3v) is 7.19. The molecule has 5 aromatic rings. The average molecular weight is 526 g/mol. The van der Waals surface area contributed by atoms with E-state index in [0.717, 1.165) is 40.8 Å². The van der Waals surface area contributed by atoms with E-state index in [0.29, 0.717) is 46.4 Å². The zero-order valence-corrected chi connectivity index (χ0v) is 22.2. The highest BCUT2D eigenvalue weighted by molar-refractivity contribution is 5.84. The van der Waals surface area contributed by atoms with Gasteiger partial charge in [0.05, 0.1) is 13.0 Å². The third-order valence-electron chi connectivity index (χ3n) is 7.19. The number of aromatic nitrogens is 5. The van der Waals surface area contributed by atoms with Gasteiger partial charge in [0.2, 0.25) is 5.89 Å². The minimum absolute atomic E-state index is 0.247. The lowest BCUT2D eigenvalue weighted by molar-refractivity contribution is -0.144. The molecule has 0 radical (unpaired) electrons. The largest absolute Gasteiger partial charge is 0.469 e. The number of oxazole rings is 1. The van der Waals surface area contributed by atoms with Crippen LogP contribution in [0, 0.1) is 18.7 Å². The van der Waals surface area contributed by atoms with Crippen molar-refractivity contribution in [3.8, 4) is 34.1 Å². The SMILES string of the molecule is COC(=O)C(C)Cc1cc(C)c2oc(-c3cc(-c4ccc(F)cc4-c4nncn4C)cc(C4CC4)n3)nc2c1. The number of ether oxygens (including phenoxy) is 1. The molecule has 1 aliphatic carbocycles. The first-order valence-corrected chi connectivity index (χ1v) is 12.9. The molecule has 3 aromatic heterocycles. The van der Waals surface area contributed by atoms with Crippen LogP contribution in [0.5, 0.6) is 0 Å². The normalized spacial score (nSPS) is 14.1. The number of pyridine rings is 1. The van der Waals surface area contributed by atoms with Crippen LogP contribution in [0.2, 0.25) is 0 Å². The summed E-state index contributed by atoms with van der Waals surface area (Å²) < 4.78 is 27.3. The summed E-state index contributed by atoms with van der Waals surface area (Å²) in [5.74, 6) is 0.500. The summed E-state index contributed by atoms with van der Waals surface area (Å²) in [5, 5.41) is 8.20. The van der Waals surface area contributed by atoms with E-state index in [2.05, 4.69) is 16.3 Å². The maximum absolute atomic E-state index is 14.4. The van der Waals surface area contributed by atoms with Crippen LogP contribution in [0.15, 0.2) is 53.2 Å². The molecular weight excluding hydrogens is 497 g/mol. The third kappa shape index (κ3) is 4.80. The Balaban J connectivity index is 1.45. The van der Waals surface area contributed by atoms with Crippen molar-refractivity contribution in [1.82, 2.24) is 24.7 Å². The Hall–Kier alpha value is -4.40. The van der Waals surface area contributed by atoms with Crippen LogP contribution >= 0.6 is 0 Å². The van der Waals surface area contributed by atoms with Gasteiger partial charge in [-0.3, -0.25) is 4.79 Å². The molecular formula is C30H28FN5O3. The number of fused-ring (bicyclic) bond motifs is 1. The molecule has 0 saturated heterocycles. The van der Waals surface area contributed by atoms with E-state index < -0.39 is 0 Å². The number of halogens is 1. The Kier molecular flexibility index (Phi) is 6.21. The lowest BCUT2D eigenvalue weighted by atomic mass is 9.97. The van der Waals surface area contributed by atoms with Crippen LogP contribution in [-0.2, 0) is 23.0 Å². The second kappa shape index (κ2) is 9.72. The summed E-state index contributed by atoms with van der Waals surface area (Å²) in [6.07, 6.45) is 4.28. The number of hydrogen-bond donors (Lipinski definition) is 0. The van der Waals surface area contributed by atoms with E-state index in [1.165, 1.54) is 19.2 Å². The van der Waals surface area contributed by atoms with Crippen LogP contribution in [0.25, 0.3) is 45.2 Å². The van der Waals surface area contributed by atoms with Crippen LogP contribution in [0.3, 0.4) is 0 Å². The molecule has 1 fully saturated rings.